The fourth-order valence-electron chi connectivity index (χ4n) is 7.16. The SMILES string of the molecule is CC.CC.CCC.CCC.Oc1ccc2cc(C3(c4ccc5cc(O)ccc5c4)c4ccccc4-c4ccccc43)ccc2c1.Oc1cccc2ccccc12. The van der Waals surface area contributed by atoms with Crippen LogP contribution in [0.1, 0.15) is 90.5 Å². The van der Waals surface area contributed by atoms with Gasteiger partial charge in [0, 0.05) is 5.39 Å². The zero-order chi connectivity index (χ0) is 40.7. The van der Waals surface area contributed by atoms with Gasteiger partial charge in [-0.2, -0.15) is 0 Å². The fourth-order valence-corrected chi connectivity index (χ4v) is 7.16. The summed E-state index contributed by atoms with van der Waals surface area (Å²) in [5.41, 5.74) is 6.90. The third-order valence-corrected chi connectivity index (χ3v) is 9.23. The van der Waals surface area contributed by atoms with E-state index < -0.39 is 5.41 Å². The molecule has 8 aromatic rings. The maximum Gasteiger partial charge on any atom is 0.123 e. The first-order chi connectivity index (χ1) is 27.3. The van der Waals surface area contributed by atoms with Crippen molar-refractivity contribution >= 4 is 32.3 Å². The number of fused-ring (bicyclic) bond motifs is 6. The Balaban J connectivity index is 0.000000275. The standard InChI is InChI=1S/C33H22O2.C10H8O.2C3H8.2C2H6/c34-27-15-11-21-17-25(13-9-23(21)19-27)33(26-14-10-24-20-28(35)16-12-22(24)18-26)31-7-3-1-5-29(31)30-6-2-4-8-32(30)33;11-10-7-3-5-8-4-1-2-6-9(8)10;2*1-3-2;2*1-2/h1-20,34-35H;1-7,11H;2*3H2,1-2H3;2*1-2H3. The van der Waals surface area contributed by atoms with Gasteiger partial charge in [0.1, 0.15) is 17.2 Å². The predicted molar refractivity (Wildman–Crippen MR) is 242 cm³/mol. The number of benzene rings is 8. The van der Waals surface area contributed by atoms with Crippen LogP contribution in [0.15, 0.2) is 164 Å². The molecule has 0 unspecified atom stereocenters. The Bertz CT molecular complexity index is 2320. The molecule has 1 aliphatic rings. The molecule has 0 radical (unpaired) electrons. The molecule has 1 aliphatic carbocycles. The van der Waals surface area contributed by atoms with Crippen LogP contribution >= 0.6 is 0 Å². The molecule has 8 aromatic carbocycles. The summed E-state index contributed by atoms with van der Waals surface area (Å²) in [7, 11) is 0. The largest absolute Gasteiger partial charge is 0.508 e. The van der Waals surface area contributed by atoms with Crippen molar-refractivity contribution in [2.75, 3.05) is 0 Å². The Kier molecular flexibility index (Phi) is 15.7. The van der Waals surface area contributed by atoms with Crippen molar-refractivity contribution < 1.29 is 15.3 Å². The van der Waals surface area contributed by atoms with Gasteiger partial charge >= 0.3 is 0 Å². The van der Waals surface area contributed by atoms with Crippen LogP contribution in [0.4, 0.5) is 0 Å². The van der Waals surface area contributed by atoms with Crippen LogP contribution in [-0.4, -0.2) is 15.3 Å². The highest BCUT2D eigenvalue weighted by Gasteiger charge is 2.46. The predicted octanol–water partition coefficient (Wildman–Crippen LogP) is 15.2. The van der Waals surface area contributed by atoms with E-state index in [0.717, 1.165) is 32.3 Å². The van der Waals surface area contributed by atoms with E-state index in [2.05, 4.69) is 113 Å². The molecule has 3 N–H and O–H groups in total. The second kappa shape index (κ2) is 20.6. The van der Waals surface area contributed by atoms with Gasteiger partial charge in [-0.3, -0.25) is 0 Å². The van der Waals surface area contributed by atoms with Crippen molar-refractivity contribution in [3.63, 3.8) is 0 Å². The molecule has 0 spiro atoms. The zero-order valence-corrected chi connectivity index (χ0v) is 34.3. The minimum atomic E-state index is -0.495. The van der Waals surface area contributed by atoms with Gasteiger partial charge in [0.2, 0.25) is 0 Å². The summed E-state index contributed by atoms with van der Waals surface area (Å²) in [6, 6.07) is 54.9. The fraction of sp³-hybridized carbons (Fsp3) is 0.208. The van der Waals surface area contributed by atoms with Crippen LogP contribution in [0.2, 0.25) is 0 Å². The first kappa shape index (κ1) is 42.7. The summed E-state index contributed by atoms with van der Waals surface area (Å²) in [6.45, 7) is 16.5. The highest BCUT2D eigenvalue weighted by molar-refractivity contribution is 5.92. The van der Waals surface area contributed by atoms with Gasteiger partial charge in [0.05, 0.1) is 5.41 Å². The lowest BCUT2D eigenvalue weighted by Gasteiger charge is -2.34. The quantitative estimate of drug-likeness (QED) is 0.165. The molecule has 56 heavy (non-hydrogen) atoms. The Labute approximate surface area is 334 Å². The van der Waals surface area contributed by atoms with Crippen LogP contribution in [0.5, 0.6) is 17.2 Å². The van der Waals surface area contributed by atoms with E-state index in [1.54, 1.807) is 18.2 Å². The summed E-state index contributed by atoms with van der Waals surface area (Å²) in [4.78, 5) is 0. The summed E-state index contributed by atoms with van der Waals surface area (Å²) in [5, 5.41) is 35.6. The summed E-state index contributed by atoms with van der Waals surface area (Å²) in [6.07, 6.45) is 2.50. The van der Waals surface area contributed by atoms with E-state index in [4.69, 9.17) is 0 Å². The maximum atomic E-state index is 10.0. The average Bonchev–Trinajstić information content (AvgIpc) is 3.54. The van der Waals surface area contributed by atoms with Crippen LogP contribution in [0.25, 0.3) is 43.4 Å². The number of phenols is 3. The zero-order valence-electron chi connectivity index (χ0n) is 34.3. The summed E-state index contributed by atoms with van der Waals surface area (Å²) >= 11 is 0. The van der Waals surface area contributed by atoms with Gasteiger partial charge < -0.3 is 15.3 Å². The molecule has 0 heterocycles. The van der Waals surface area contributed by atoms with E-state index in [-0.39, 0.29) is 11.5 Å². The van der Waals surface area contributed by atoms with E-state index in [1.807, 2.05) is 88.4 Å². The molecule has 0 bridgehead atoms. The first-order valence-corrected chi connectivity index (χ1v) is 20.2. The molecule has 0 amide bonds. The summed E-state index contributed by atoms with van der Waals surface area (Å²) < 4.78 is 0. The molecule has 3 heteroatoms. The molecule has 0 aliphatic heterocycles. The number of phenolic OH excluding ortho intramolecular Hbond substituents is 3. The van der Waals surface area contributed by atoms with E-state index in [1.165, 1.54) is 46.2 Å². The van der Waals surface area contributed by atoms with Gasteiger partial charge in [0.15, 0.2) is 0 Å². The van der Waals surface area contributed by atoms with Gasteiger partial charge in [0.25, 0.3) is 0 Å². The van der Waals surface area contributed by atoms with Crippen molar-refractivity contribution in [3.05, 3.63) is 186 Å². The average molecular weight is 743 g/mol. The van der Waals surface area contributed by atoms with Gasteiger partial charge in [-0.15, -0.1) is 0 Å². The minimum Gasteiger partial charge on any atom is -0.508 e. The smallest absolute Gasteiger partial charge is 0.123 e. The molecule has 0 aromatic heterocycles. The van der Waals surface area contributed by atoms with Crippen LogP contribution in [0.3, 0.4) is 0 Å². The number of aromatic hydroxyl groups is 3. The first-order valence-electron chi connectivity index (χ1n) is 20.2. The lowest BCUT2D eigenvalue weighted by atomic mass is 9.67. The van der Waals surface area contributed by atoms with Gasteiger partial charge in [-0.05, 0) is 103 Å². The van der Waals surface area contributed by atoms with E-state index in [0.29, 0.717) is 5.75 Å². The second-order valence-electron chi connectivity index (χ2n) is 13.2. The number of hydrogen-bond acceptors (Lipinski definition) is 3. The Hall–Kier alpha value is -6.06. The van der Waals surface area contributed by atoms with Crippen molar-refractivity contribution in [2.45, 2.75) is 73.6 Å². The van der Waals surface area contributed by atoms with Crippen molar-refractivity contribution in [1.29, 1.82) is 0 Å². The number of rotatable bonds is 2. The molecule has 9 rings (SSSR count). The molecule has 0 saturated heterocycles. The monoisotopic (exact) mass is 742 g/mol. The van der Waals surface area contributed by atoms with E-state index >= 15 is 0 Å². The molecule has 3 nitrogen and oxygen atoms in total. The normalized spacial score (nSPS) is 11.4. The number of hydrogen-bond donors (Lipinski definition) is 3. The van der Waals surface area contributed by atoms with Crippen LogP contribution in [-0.2, 0) is 5.41 Å². The summed E-state index contributed by atoms with van der Waals surface area (Å²) in [5.74, 6) is 0.895. The molecule has 0 saturated carbocycles. The van der Waals surface area contributed by atoms with Crippen LogP contribution in [0, 0.1) is 0 Å². The van der Waals surface area contributed by atoms with Crippen LogP contribution < -0.4 is 0 Å². The Morgan fingerprint density at radius 2 is 0.750 bits per heavy atom. The highest BCUT2D eigenvalue weighted by Crippen LogP contribution is 2.56. The Morgan fingerprint density at radius 3 is 1.21 bits per heavy atom. The topological polar surface area (TPSA) is 60.7 Å². The molecule has 0 atom stereocenters. The molecular formula is C53H58O3. The Morgan fingerprint density at radius 1 is 0.375 bits per heavy atom. The second-order valence-corrected chi connectivity index (χ2v) is 13.2. The molecular weight excluding hydrogens is 685 g/mol. The van der Waals surface area contributed by atoms with Crippen molar-refractivity contribution in [1.82, 2.24) is 0 Å². The third-order valence-electron chi connectivity index (χ3n) is 9.23. The maximum absolute atomic E-state index is 10.0. The van der Waals surface area contributed by atoms with E-state index in [9.17, 15) is 15.3 Å². The van der Waals surface area contributed by atoms with Gasteiger partial charge in [-0.25, -0.2) is 0 Å². The lowest BCUT2D eigenvalue weighted by molar-refractivity contribution is 0.475. The van der Waals surface area contributed by atoms with Gasteiger partial charge in [-0.1, -0.05) is 190 Å². The highest BCUT2D eigenvalue weighted by atomic mass is 16.3. The third kappa shape index (κ3) is 8.90. The lowest BCUT2D eigenvalue weighted by Crippen LogP contribution is -2.28. The molecule has 288 valence electrons. The van der Waals surface area contributed by atoms with Crippen molar-refractivity contribution in [2.24, 2.45) is 0 Å². The molecule has 0 fully saturated rings. The van der Waals surface area contributed by atoms with Crippen molar-refractivity contribution in [3.8, 4) is 28.4 Å². The minimum absolute atomic E-state index is 0.273.